The number of rotatable bonds is 0. The first-order valence-corrected chi connectivity index (χ1v) is 3.39. The third-order valence-electron chi connectivity index (χ3n) is 1.91. The van der Waals surface area contributed by atoms with Gasteiger partial charge in [-0.2, -0.15) is 0 Å². The van der Waals surface area contributed by atoms with Gasteiger partial charge in [-0.3, -0.25) is 0 Å². The minimum atomic E-state index is -0.367. The molecule has 1 aliphatic carbocycles. The number of hydrogen-bond donors (Lipinski definition) is 3. The lowest BCUT2D eigenvalue weighted by Gasteiger charge is -2.28. The first-order valence-electron chi connectivity index (χ1n) is 3.39. The monoisotopic (exact) mass is 130 g/mol. The molecule has 3 heteroatoms. The Hall–Kier alpha value is -0.120. The molecule has 0 aromatic carbocycles. The Morgan fingerprint density at radius 3 is 2.33 bits per heavy atom. The first-order chi connectivity index (χ1) is 4.20. The largest absolute Gasteiger partial charge is 0.391 e. The van der Waals surface area contributed by atoms with E-state index in [2.05, 4.69) is 0 Å². The van der Waals surface area contributed by atoms with E-state index in [1.807, 2.05) is 0 Å². The topological polar surface area (TPSA) is 72.3 Å². The number of nitrogens with two attached hydrogens (primary N) is 2. The van der Waals surface area contributed by atoms with E-state index in [0.29, 0.717) is 6.42 Å². The molecule has 0 aromatic heterocycles. The van der Waals surface area contributed by atoms with Gasteiger partial charge in [-0.25, -0.2) is 0 Å². The molecule has 1 saturated carbocycles. The van der Waals surface area contributed by atoms with Crippen molar-refractivity contribution in [3.63, 3.8) is 0 Å². The van der Waals surface area contributed by atoms with E-state index in [-0.39, 0.29) is 18.2 Å². The van der Waals surface area contributed by atoms with Gasteiger partial charge in [0.1, 0.15) is 0 Å². The minimum Gasteiger partial charge on any atom is -0.391 e. The smallest absolute Gasteiger partial charge is 0.0705 e. The molecule has 0 radical (unpaired) electrons. The Morgan fingerprint density at radius 2 is 1.89 bits per heavy atom. The second-order valence-corrected chi connectivity index (χ2v) is 2.80. The van der Waals surface area contributed by atoms with Crippen molar-refractivity contribution in [3.05, 3.63) is 0 Å². The fourth-order valence-electron chi connectivity index (χ4n) is 1.20. The standard InChI is InChI=1S/C6H14N2O/c7-4-1-2-5(8)6(9)3-4/h4-6,9H,1-3,7-8H2. The first kappa shape index (κ1) is 6.99. The Morgan fingerprint density at radius 1 is 1.22 bits per heavy atom. The van der Waals surface area contributed by atoms with E-state index in [0.717, 1.165) is 12.8 Å². The zero-order chi connectivity index (χ0) is 6.85. The van der Waals surface area contributed by atoms with E-state index in [1.165, 1.54) is 0 Å². The van der Waals surface area contributed by atoms with Gasteiger partial charge in [0, 0.05) is 12.1 Å². The summed E-state index contributed by atoms with van der Waals surface area (Å²) < 4.78 is 0. The van der Waals surface area contributed by atoms with Crippen LogP contribution >= 0.6 is 0 Å². The van der Waals surface area contributed by atoms with Gasteiger partial charge >= 0.3 is 0 Å². The molecule has 1 rings (SSSR count). The Balaban J connectivity index is 2.35. The van der Waals surface area contributed by atoms with Crippen LogP contribution in [0.1, 0.15) is 19.3 Å². The van der Waals surface area contributed by atoms with Crippen molar-refractivity contribution in [2.45, 2.75) is 37.5 Å². The van der Waals surface area contributed by atoms with Crippen LogP contribution in [0.3, 0.4) is 0 Å². The Labute approximate surface area is 55.0 Å². The number of hydrogen-bond acceptors (Lipinski definition) is 3. The van der Waals surface area contributed by atoms with Crippen molar-refractivity contribution in [1.82, 2.24) is 0 Å². The summed E-state index contributed by atoms with van der Waals surface area (Å²) in [6.45, 7) is 0. The number of aliphatic hydroxyl groups excluding tert-OH is 1. The number of aliphatic hydroxyl groups is 1. The van der Waals surface area contributed by atoms with Gasteiger partial charge in [-0.15, -0.1) is 0 Å². The molecule has 0 saturated heterocycles. The van der Waals surface area contributed by atoms with Crippen molar-refractivity contribution in [2.24, 2.45) is 11.5 Å². The fraction of sp³-hybridized carbons (Fsp3) is 1.00. The molecule has 1 fully saturated rings. The molecule has 1 aliphatic rings. The molecule has 0 spiro atoms. The second kappa shape index (κ2) is 2.64. The van der Waals surface area contributed by atoms with Crippen molar-refractivity contribution in [3.8, 4) is 0 Å². The van der Waals surface area contributed by atoms with E-state index >= 15 is 0 Å². The average Bonchev–Trinajstić information content (AvgIpc) is 1.80. The SMILES string of the molecule is NC1CCC(N)C(O)C1. The summed E-state index contributed by atoms with van der Waals surface area (Å²) in [5.41, 5.74) is 11.1. The molecule has 0 amide bonds. The third-order valence-corrected chi connectivity index (χ3v) is 1.91. The summed E-state index contributed by atoms with van der Waals surface area (Å²) in [7, 11) is 0. The third kappa shape index (κ3) is 1.64. The van der Waals surface area contributed by atoms with Crippen molar-refractivity contribution in [2.75, 3.05) is 0 Å². The molecular weight excluding hydrogens is 116 g/mol. The molecule has 0 bridgehead atoms. The molecule has 3 nitrogen and oxygen atoms in total. The van der Waals surface area contributed by atoms with E-state index in [4.69, 9.17) is 16.6 Å². The maximum absolute atomic E-state index is 9.14. The highest BCUT2D eigenvalue weighted by molar-refractivity contribution is 4.83. The maximum atomic E-state index is 9.14. The fourth-order valence-corrected chi connectivity index (χ4v) is 1.20. The van der Waals surface area contributed by atoms with Crippen LogP contribution in [0.4, 0.5) is 0 Å². The molecule has 0 heterocycles. The molecule has 9 heavy (non-hydrogen) atoms. The summed E-state index contributed by atoms with van der Waals surface area (Å²) in [4.78, 5) is 0. The van der Waals surface area contributed by atoms with Crippen LogP contribution in [-0.4, -0.2) is 23.3 Å². The Bertz CT molecular complexity index is 97.1. The highest BCUT2D eigenvalue weighted by Gasteiger charge is 2.23. The molecule has 3 unspecified atom stereocenters. The van der Waals surface area contributed by atoms with Gasteiger partial charge in [-0.05, 0) is 19.3 Å². The summed E-state index contributed by atoms with van der Waals surface area (Å²) in [6.07, 6.45) is 2.12. The summed E-state index contributed by atoms with van der Waals surface area (Å²) >= 11 is 0. The Kier molecular flexibility index (Phi) is 2.05. The lowest BCUT2D eigenvalue weighted by atomic mass is 9.90. The van der Waals surface area contributed by atoms with Crippen molar-refractivity contribution in [1.29, 1.82) is 0 Å². The van der Waals surface area contributed by atoms with Crippen LogP contribution in [-0.2, 0) is 0 Å². The van der Waals surface area contributed by atoms with Crippen LogP contribution in [0.15, 0.2) is 0 Å². The minimum absolute atomic E-state index is 0.0372. The molecule has 54 valence electrons. The van der Waals surface area contributed by atoms with Crippen LogP contribution in [0.25, 0.3) is 0 Å². The van der Waals surface area contributed by atoms with Gasteiger partial charge in [-0.1, -0.05) is 0 Å². The van der Waals surface area contributed by atoms with E-state index in [1.54, 1.807) is 0 Å². The lowest BCUT2D eigenvalue weighted by Crippen LogP contribution is -2.44. The maximum Gasteiger partial charge on any atom is 0.0705 e. The zero-order valence-electron chi connectivity index (χ0n) is 5.46. The molecule has 5 N–H and O–H groups in total. The molecule has 0 aliphatic heterocycles. The van der Waals surface area contributed by atoms with Gasteiger partial charge in [0.25, 0.3) is 0 Å². The summed E-state index contributed by atoms with van der Waals surface area (Å²) in [5.74, 6) is 0. The van der Waals surface area contributed by atoms with Gasteiger partial charge < -0.3 is 16.6 Å². The van der Waals surface area contributed by atoms with E-state index in [9.17, 15) is 0 Å². The average molecular weight is 130 g/mol. The second-order valence-electron chi connectivity index (χ2n) is 2.80. The summed E-state index contributed by atoms with van der Waals surface area (Å²) in [5, 5.41) is 9.14. The molecule has 0 aromatic rings. The van der Waals surface area contributed by atoms with Crippen LogP contribution in [0, 0.1) is 0 Å². The van der Waals surface area contributed by atoms with Gasteiger partial charge in [0.15, 0.2) is 0 Å². The highest BCUT2D eigenvalue weighted by Crippen LogP contribution is 2.15. The normalized spacial score (nSPS) is 45.0. The van der Waals surface area contributed by atoms with Crippen LogP contribution in [0.5, 0.6) is 0 Å². The van der Waals surface area contributed by atoms with Crippen molar-refractivity contribution >= 4 is 0 Å². The predicted molar refractivity (Wildman–Crippen MR) is 35.8 cm³/mol. The van der Waals surface area contributed by atoms with Crippen molar-refractivity contribution < 1.29 is 5.11 Å². The summed E-state index contributed by atoms with van der Waals surface area (Å²) in [6, 6.07) is 0.129. The van der Waals surface area contributed by atoms with E-state index < -0.39 is 0 Å². The molecule has 3 atom stereocenters. The zero-order valence-corrected chi connectivity index (χ0v) is 5.46. The highest BCUT2D eigenvalue weighted by atomic mass is 16.3. The van der Waals surface area contributed by atoms with Crippen LogP contribution in [0.2, 0.25) is 0 Å². The van der Waals surface area contributed by atoms with Crippen LogP contribution < -0.4 is 11.5 Å². The predicted octanol–water partition coefficient (Wildman–Crippen LogP) is -0.814. The van der Waals surface area contributed by atoms with Gasteiger partial charge in [0.2, 0.25) is 0 Å². The van der Waals surface area contributed by atoms with Gasteiger partial charge in [0.05, 0.1) is 6.10 Å². The quantitative estimate of drug-likeness (QED) is 0.401. The molecular formula is C6H14N2O. The lowest BCUT2D eigenvalue weighted by molar-refractivity contribution is 0.0993.